The largest absolute Gasteiger partial charge is 0.348 e. The fourth-order valence-electron chi connectivity index (χ4n) is 3.78. The van der Waals surface area contributed by atoms with Gasteiger partial charge in [0.05, 0.1) is 0 Å². The Balaban J connectivity index is 1.53. The lowest BCUT2D eigenvalue weighted by molar-refractivity contribution is 0.0620. The molecule has 0 aliphatic carbocycles. The Bertz CT molecular complexity index is 489. The molecule has 0 spiro atoms. The van der Waals surface area contributed by atoms with E-state index in [2.05, 4.69) is 29.3 Å². The number of amides is 1. The molecule has 0 radical (unpaired) electrons. The van der Waals surface area contributed by atoms with Crippen LogP contribution >= 0.6 is 0 Å². The lowest BCUT2D eigenvalue weighted by Gasteiger charge is -2.44. The van der Waals surface area contributed by atoms with Crippen LogP contribution in [0.2, 0.25) is 0 Å². The standard InChI is InChI=1S/C19H28N2O/c1-2-3-4-5-15-6-8-17(9-7-15)19(22)20-18-14-21-12-10-16(18)11-13-21/h6-9,16,18H,2-5,10-14H2,1H3,(H,20,22)/t18-/m1/s1. The third-order valence-electron chi connectivity index (χ3n) is 5.26. The quantitative estimate of drug-likeness (QED) is 0.818. The van der Waals surface area contributed by atoms with Crippen molar-refractivity contribution in [3.63, 3.8) is 0 Å². The first-order valence-corrected chi connectivity index (χ1v) is 8.88. The van der Waals surface area contributed by atoms with Crippen molar-refractivity contribution in [2.24, 2.45) is 5.92 Å². The van der Waals surface area contributed by atoms with Crippen molar-refractivity contribution < 1.29 is 4.79 Å². The fraction of sp³-hybridized carbons (Fsp3) is 0.632. The number of fused-ring (bicyclic) bond motifs is 3. The van der Waals surface area contributed by atoms with E-state index in [1.165, 1.54) is 50.8 Å². The highest BCUT2D eigenvalue weighted by Gasteiger charge is 2.34. The Labute approximate surface area is 134 Å². The maximum Gasteiger partial charge on any atom is 0.251 e. The summed E-state index contributed by atoms with van der Waals surface area (Å²) in [5, 5.41) is 3.26. The zero-order valence-electron chi connectivity index (χ0n) is 13.7. The highest BCUT2D eigenvalue weighted by Crippen LogP contribution is 2.27. The second-order valence-corrected chi connectivity index (χ2v) is 6.87. The van der Waals surface area contributed by atoms with E-state index in [1.54, 1.807) is 0 Å². The number of nitrogens with zero attached hydrogens (tertiary/aromatic N) is 1. The topological polar surface area (TPSA) is 32.3 Å². The van der Waals surface area contributed by atoms with Gasteiger partial charge in [-0.1, -0.05) is 31.9 Å². The van der Waals surface area contributed by atoms with Gasteiger partial charge in [-0.15, -0.1) is 0 Å². The number of unbranched alkanes of at least 4 members (excludes halogenated alkanes) is 2. The number of benzene rings is 1. The highest BCUT2D eigenvalue weighted by atomic mass is 16.1. The molecule has 3 saturated heterocycles. The highest BCUT2D eigenvalue weighted by molar-refractivity contribution is 5.94. The molecular formula is C19H28N2O. The van der Waals surface area contributed by atoms with Gasteiger partial charge in [0.25, 0.3) is 5.91 Å². The molecule has 1 amide bonds. The van der Waals surface area contributed by atoms with E-state index in [0.29, 0.717) is 12.0 Å². The van der Waals surface area contributed by atoms with Gasteiger partial charge in [0.1, 0.15) is 0 Å². The molecule has 120 valence electrons. The maximum absolute atomic E-state index is 12.4. The van der Waals surface area contributed by atoms with Gasteiger partial charge in [0.15, 0.2) is 0 Å². The van der Waals surface area contributed by atoms with Gasteiger partial charge in [-0.05, 0) is 62.4 Å². The molecule has 1 aromatic carbocycles. The molecule has 3 aliphatic rings. The molecule has 0 unspecified atom stereocenters. The molecule has 22 heavy (non-hydrogen) atoms. The molecule has 0 aromatic heterocycles. The number of hydrogen-bond donors (Lipinski definition) is 1. The number of carbonyl (C=O) groups excluding carboxylic acids is 1. The van der Waals surface area contributed by atoms with Gasteiger partial charge in [-0.3, -0.25) is 4.79 Å². The van der Waals surface area contributed by atoms with Crippen LogP contribution in [-0.2, 0) is 6.42 Å². The average molecular weight is 300 g/mol. The second-order valence-electron chi connectivity index (χ2n) is 6.87. The van der Waals surface area contributed by atoms with E-state index in [0.717, 1.165) is 18.5 Å². The monoisotopic (exact) mass is 300 g/mol. The Hall–Kier alpha value is -1.35. The van der Waals surface area contributed by atoms with Crippen LogP contribution in [0.1, 0.15) is 54.9 Å². The molecule has 0 saturated carbocycles. The van der Waals surface area contributed by atoms with Gasteiger partial charge >= 0.3 is 0 Å². The van der Waals surface area contributed by atoms with E-state index < -0.39 is 0 Å². The van der Waals surface area contributed by atoms with Crippen molar-refractivity contribution in [2.75, 3.05) is 19.6 Å². The van der Waals surface area contributed by atoms with Gasteiger partial charge in [-0.2, -0.15) is 0 Å². The van der Waals surface area contributed by atoms with E-state index in [4.69, 9.17) is 0 Å². The fourth-order valence-corrected chi connectivity index (χ4v) is 3.78. The Morgan fingerprint density at radius 1 is 1.18 bits per heavy atom. The van der Waals surface area contributed by atoms with Crippen LogP contribution < -0.4 is 5.32 Å². The summed E-state index contributed by atoms with van der Waals surface area (Å²) in [4.78, 5) is 14.9. The molecular weight excluding hydrogens is 272 g/mol. The molecule has 3 heteroatoms. The van der Waals surface area contributed by atoms with Crippen LogP contribution in [0.5, 0.6) is 0 Å². The number of hydrogen-bond acceptors (Lipinski definition) is 2. The third-order valence-corrected chi connectivity index (χ3v) is 5.26. The lowest BCUT2D eigenvalue weighted by Crippen LogP contribution is -2.57. The van der Waals surface area contributed by atoms with Crippen LogP contribution in [0.4, 0.5) is 0 Å². The van der Waals surface area contributed by atoms with Crippen molar-refractivity contribution in [2.45, 2.75) is 51.5 Å². The van der Waals surface area contributed by atoms with Gasteiger partial charge in [0, 0.05) is 18.2 Å². The summed E-state index contributed by atoms with van der Waals surface area (Å²) >= 11 is 0. The number of carbonyl (C=O) groups is 1. The molecule has 1 atom stereocenters. The van der Waals surface area contributed by atoms with Crippen molar-refractivity contribution in [1.82, 2.24) is 10.2 Å². The smallest absolute Gasteiger partial charge is 0.251 e. The number of aryl methyl sites for hydroxylation is 1. The van der Waals surface area contributed by atoms with E-state index >= 15 is 0 Å². The summed E-state index contributed by atoms with van der Waals surface area (Å²) in [5.41, 5.74) is 2.14. The van der Waals surface area contributed by atoms with E-state index in [1.807, 2.05) is 12.1 Å². The van der Waals surface area contributed by atoms with Crippen molar-refractivity contribution in [3.8, 4) is 0 Å². The molecule has 1 N–H and O–H groups in total. The first kappa shape index (κ1) is 15.5. The minimum Gasteiger partial charge on any atom is -0.348 e. The average Bonchev–Trinajstić information content (AvgIpc) is 2.57. The minimum atomic E-state index is 0.0962. The van der Waals surface area contributed by atoms with Crippen molar-refractivity contribution >= 4 is 5.91 Å². The molecule has 3 heterocycles. The number of rotatable bonds is 6. The number of nitrogens with one attached hydrogen (secondary N) is 1. The summed E-state index contributed by atoms with van der Waals surface area (Å²) in [5.74, 6) is 0.779. The first-order valence-electron chi connectivity index (χ1n) is 8.88. The van der Waals surface area contributed by atoms with Crippen molar-refractivity contribution in [1.29, 1.82) is 0 Å². The Morgan fingerprint density at radius 3 is 2.50 bits per heavy atom. The summed E-state index contributed by atoms with van der Waals surface area (Å²) in [7, 11) is 0. The van der Waals surface area contributed by atoms with Gasteiger partial charge < -0.3 is 10.2 Å². The molecule has 1 aromatic rings. The van der Waals surface area contributed by atoms with E-state index in [-0.39, 0.29) is 5.91 Å². The van der Waals surface area contributed by atoms with Crippen LogP contribution in [0.3, 0.4) is 0 Å². The molecule has 4 rings (SSSR count). The molecule has 2 bridgehead atoms. The SMILES string of the molecule is CCCCCc1ccc(C(=O)N[C@@H]2CN3CCC2CC3)cc1. The first-order chi connectivity index (χ1) is 10.8. The zero-order chi connectivity index (χ0) is 15.4. The Kier molecular flexibility index (Phi) is 5.14. The predicted octanol–water partition coefficient (Wildman–Crippen LogP) is 3.24. The maximum atomic E-state index is 12.4. The van der Waals surface area contributed by atoms with Crippen LogP contribution in [0.15, 0.2) is 24.3 Å². The van der Waals surface area contributed by atoms with Gasteiger partial charge in [0.2, 0.25) is 0 Å². The van der Waals surface area contributed by atoms with Crippen LogP contribution in [0.25, 0.3) is 0 Å². The zero-order valence-corrected chi connectivity index (χ0v) is 13.7. The third kappa shape index (κ3) is 3.70. The normalized spacial score (nSPS) is 26.9. The Morgan fingerprint density at radius 2 is 1.91 bits per heavy atom. The second kappa shape index (κ2) is 7.28. The summed E-state index contributed by atoms with van der Waals surface area (Å²) in [6, 6.07) is 8.54. The summed E-state index contributed by atoms with van der Waals surface area (Å²) in [6.45, 7) is 5.68. The lowest BCUT2D eigenvalue weighted by atomic mass is 9.84. The molecule has 3 fully saturated rings. The predicted molar refractivity (Wildman–Crippen MR) is 90.1 cm³/mol. The number of piperidine rings is 3. The summed E-state index contributed by atoms with van der Waals surface area (Å²) < 4.78 is 0. The van der Waals surface area contributed by atoms with Crippen LogP contribution in [-0.4, -0.2) is 36.5 Å². The minimum absolute atomic E-state index is 0.0962. The van der Waals surface area contributed by atoms with E-state index in [9.17, 15) is 4.79 Å². The van der Waals surface area contributed by atoms with Crippen molar-refractivity contribution in [3.05, 3.63) is 35.4 Å². The van der Waals surface area contributed by atoms with Crippen LogP contribution in [0, 0.1) is 5.92 Å². The molecule has 3 nitrogen and oxygen atoms in total. The van der Waals surface area contributed by atoms with Gasteiger partial charge in [-0.25, -0.2) is 0 Å². The molecule has 3 aliphatic heterocycles. The summed E-state index contributed by atoms with van der Waals surface area (Å²) in [6.07, 6.45) is 7.36.